The molecule has 0 radical (unpaired) electrons. The number of nitrogens with one attached hydrogen (secondary N) is 1. The van der Waals surface area contributed by atoms with Crippen molar-refractivity contribution in [1.29, 1.82) is 0 Å². The van der Waals surface area contributed by atoms with Crippen molar-refractivity contribution in [2.45, 2.75) is 38.2 Å². The number of hydrogen-bond donors (Lipinski definition) is 1. The Morgan fingerprint density at radius 2 is 2.00 bits per heavy atom. The Bertz CT molecular complexity index is 301. The summed E-state index contributed by atoms with van der Waals surface area (Å²) in [6.45, 7) is 4.57. The minimum Gasteiger partial charge on any atom is -0.310 e. The van der Waals surface area contributed by atoms with Crippen LogP contribution < -0.4 is 5.32 Å². The lowest BCUT2D eigenvalue weighted by atomic mass is 10.1. The van der Waals surface area contributed by atoms with Gasteiger partial charge in [0.05, 0.1) is 0 Å². The Balaban J connectivity index is 2.40. The normalized spacial score (nSPS) is 14.9. The number of alkyl halides is 1. The van der Waals surface area contributed by atoms with Crippen LogP contribution in [0.1, 0.15) is 25.8 Å². The third-order valence-electron chi connectivity index (χ3n) is 2.28. The zero-order valence-corrected chi connectivity index (χ0v) is 9.89. The third kappa shape index (κ3) is 4.63. The van der Waals surface area contributed by atoms with E-state index in [1.54, 1.807) is 12.1 Å². The van der Waals surface area contributed by atoms with Crippen molar-refractivity contribution in [2.24, 2.45) is 0 Å². The van der Waals surface area contributed by atoms with Crippen molar-refractivity contribution in [3.63, 3.8) is 0 Å². The molecule has 1 N–H and O–H groups in total. The largest absolute Gasteiger partial charge is 0.310 e. The molecular weight excluding hydrogens is 213 g/mol. The lowest BCUT2D eigenvalue weighted by molar-refractivity contribution is 0.499. The first-order valence-electron chi connectivity index (χ1n) is 5.20. The second-order valence-corrected chi connectivity index (χ2v) is 4.63. The van der Waals surface area contributed by atoms with E-state index in [4.69, 9.17) is 11.6 Å². The van der Waals surface area contributed by atoms with E-state index in [0.29, 0.717) is 18.2 Å². The van der Waals surface area contributed by atoms with Crippen molar-refractivity contribution >= 4 is 11.6 Å². The van der Waals surface area contributed by atoms with Gasteiger partial charge in [-0.15, -0.1) is 11.6 Å². The summed E-state index contributed by atoms with van der Waals surface area (Å²) in [7, 11) is 0. The molecular formula is C12H17ClFN. The van der Waals surface area contributed by atoms with Gasteiger partial charge in [-0.3, -0.25) is 0 Å². The highest BCUT2D eigenvalue weighted by molar-refractivity contribution is 6.20. The first-order valence-corrected chi connectivity index (χ1v) is 5.64. The molecule has 0 fully saturated rings. The summed E-state index contributed by atoms with van der Waals surface area (Å²) in [6.07, 6.45) is 0.885. The molecule has 1 aromatic rings. The summed E-state index contributed by atoms with van der Waals surface area (Å²) in [5.41, 5.74) is 0.701. The fourth-order valence-corrected chi connectivity index (χ4v) is 1.76. The maximum Gasteiger partial charge on any atom is 0.127 e. The summed E-state index contributed by atoms with van der Waals surface area (Å²) >= 11 is 5.87. The van der Waals surface area contributed by atoms with Gasteiger partial charge in [-0.2, -0.15) is 0 Å². The quantitative estimate of drug-likeness (QED) is 0.764. The molecule has 15 heavy (non-hydrogen) atoms. The molecule has 0 aromatic heterocycles. The van der Waals surface area contributed by atoms with Gasteiger partial charge in [0, 0.05) is 23.5 Å². The lowest BCUT2D eigenvalue weighted by Gasteiger charge is -2.15. The van der Waals surface area contributed by atoms with Gasteiger partial charge < -0.3 is 5.32 Å². The summed E-state index contributed by atoms with van der Waals surface area (Å²) in [4.78, 5) is 0. The number of benzene rings is 1. The standard InChI is InChI=1S/C12H17ClFN/c1-9(13)7-10(2)15-8-11-5-3-4-6-12(11)14/h3-6,9-10,15H,7-8H2,1-2H3. The average Bonchev–Trinajstić information content (AvgIpc) is 2.15. The first-order chi connectivity index (χ1) is 7.09. The molecule has 0 aliphatic heterocycles. The van der Waals surface area contributed by atoms with E-state index < -0.39 is 0 Å². The van der Waals surface area contributed by atoms with Gasteiger partial charge in [0.1, 0.15) is 5.82 Å². The highest BCUT2D eigenvalue weighted by Crippen LogP contribution is 2.08. The molecule has 0 bridgehead atoms. The zero-order valence-electron chi connectivity index (χ0n) is 9.13. The smallest absolute Gasteiger partial charge is 0.127 e. The summed E-state index contributed by atoms with van der Waals surface area (Å²) in [6, 6.07) is 7.11. The first kappa shape index (κ1) is 12.5. The van der Waals surface area contributed by atoms with Crippen molar-refractivity contribution < 1.29 is 4.39 Å². The molecule has 0 saturated heterocycles. The van der Waals surface area contributed by atoms with Crippen LogP contribution in [0.2, 0.25) is 0 Å². The average molecular weight is 230 g/mol. The maximum atomic E-state index is 13.2. The van der Waals surface area contributed by atoms with Crippen molar-refractivity contribution in [1.82, 2.24) is 5.32 Å². The highest BCUT2D eigenvalue weighted by Gasteiger charge is 2.06. The Morgan fingerprint density at radius 3 is 2.60 bits per heavy atom. The molecule has 0 aliphatic rings. The van der Waals surface area contributed by atoms with Gasteiger partial charge in [-0.25, -0.2) is 4.39 Å². The van der Waals surface area contributed by atoms with Gasteiger partial charge in [-0.05, 0) is 26.3 Å². The van der Waals surface area contributed by atoms with Gasteiger partial charge >= 0.3 is 0 Å². The summed E-state index contributed by atoms with van der Waals surface area (Å²) in [5, 5.41) is 3.39. The van der Waals surface area contributed by atoms with E-state index in [-0.39, 0.29) is 11.2 Å². The molecule has 1 aromatic carbocycles. The van der Waals surface area contributed by atoms with Gasteiger partial charge in [-0.1, -0.05) is 18.2 Å². The van der Waals surface area contributed by atoms with Gasteiger partial charge in [0.2, 0.25) is 0 Å². The van der Waals surface area contributed by atoms with Crippen molar-refractivity contribution in [2.75, 3.05) is 0 Å². The van der Waals surface area contributed by atoms with Crippen LogP contribution in [0.4, 0.5) is 4.39 Å². The molecule has 1 nitrogen and oxygen atoms in total. The van der Waals surface area contributed by atoms with Crippen LogP contribution in [0.5, 0.6) is 0 Å². The Morgan fingerprint density at radius 1 is 1.33 bits per heavy atom. The molecule has 0 saturated carbocycles. The minimum atomic E-state index is -0.156. The van der Waals surface area contributed by atoms with Crippen molar-refractivity contribution in [3.8, 4) is 0 Å². The van der Waals surface area contributed by atoms with Crippen molar-refractivity contribution in [3.05, 3.63) is 35.6 Å². The molecule has 2 unspecified atom stereocenters. The molecule has 0 spiro atoms. The molecule has 84 valence electrons. The van der Waals surface area contributed by atoms with E-state index in [9.17, 15) is 4.39 Å². The third-order valence-corrected chi connectivity index (χ3v) is 2.46. The summed E-state index contributed by atoms with van der Waals surface area (Å²) in [5.74, 6) is -0.156. The number of halogens is 2. The fraction of sp³-hybridized carbons (Fsp3) is 0.500. The highest BCUT2D eigenvalue weighted by atomic mass is 35.5. The molecule has 3 heteroatoms. The molecule has 1 rings (SSSR count). The lowest BCUT2D eigenvalue weighted by Crippen LogP contribution is -2.27. The summed E-state index contributed by atoms with van der Waals surface area (Å²) < 4.78 is 13.2. The molecule has 2 atom stereocenters. The van der Waals surface area contributed by atoms with Gasteiger partial charge in [0.25, 0.3) is 0 Å². The Hall–Kier alpha value is -0.600. The molecule has 0 heterocycles. The van der Waals surface area contributed by atoms with Gasteiger partial charge in [0.15, 0.2) is 0 Å². The van der Waals surface area contributed by atoms with E-state index in [1.165, 1.54) is 6.07 Å². The Labute approximate surface area is 95.6 Å². The molecule has 0 amide bonds. The van der Waals surface area contributed by atoms with E-state index in [1.807, 2.05) is 13.0 Å². The predicted octanol–water partition coefficient (Wildman–Crippen LogP) is 3.32. The SMILES string of the molecule is CC(Cl)CC(C)NCc1ccccc1F. The van der Waals surface area contributed by atoms with Crippen LogP contribution in [0.15, 0.2) is 24.3 Å². The Kier molecular flexibility index (Phi) is 5.06. The van der Waals surface area contributed by atoms with E-state index in [2.05, 4.69) is 12.2 Å². The van der Waals surface area contributed by atoms with E-state index in [0.717, 1.165) is 6.42 Å². The second kappa shape index (κ2) is 6.09. The second-order valence-electron chi connectivity index (χ2n) is 3.89. The van der Waals surface area contributed by atoms with E-state index >= 15 is 0 Å². The number of hydrogen-bond acceptors (Lipinski definition) is 1. The number of rotatable bonds is 5. The van der Waals surface area contributed by atoms with Crippen LogP contribution in [-0.4, -0.2) is 11.4 Å². The van der Waals surface area contributed by atoms with Crippen LogP contribution in [0, 0.1) is 5.82 Å². The predicted molar refractivity (Wildman–Crippen MR) is 62.6 cm³/mol. The minimum absolute atomic E-state index is 0.146. The van der Waals surface area contributed by atoms with Crippen LogP contribution in [0.3, 0.4) is 0 Å². The topological polar surface area (TPSA) is 12.0 Å². The van der Waals surface area contributed by atoms with Crippen LogP contribution in [-0.2, 0) is 6.54 Å². The zero-order chi connectivity index (χ0) is 11.3. The maximum absolute atomic E-state index is 13.2. The van der Waals surface area contributed by atoms with Crippen LogP contribution >= 0.6 is 11.6 Å². The fourth-order valence-electron chi connectivity index (χ4n) is 1.50. The molecule has 0 aliphatic carbocycles. The van der Waals surface area contributed by atoms with Crippen LogP contribution in [0.25, 0.3) is 0 Å². The monoisotopic (exact) mass is 229 g/mol.